The summed E-state index contributed by atoms with van der Waals surface area (Å²) in [6.07, 6.45) is 4.36. The fraction of sp³-hybridized carbons (Fsp3) is 0. The summed E-state index contributed by atoms with van der Waals surface area (Å²) in [5, 5.41) is 4.39. The van der Waals surface area contributed by atoms with Crippen molar-refractivity contribution in [3.8, 4) is 5.69 Å². The third-order valence-corrected chi connectivity index (χ3v) is 2.97. The quantitative estimate of drug-likeness (QED) is 0.756. The molecule has 0 saturated heterocycles. The molecule has 2 aromatic heterocycles. The lowest BCUT2D eigenvalue weighted by Gasteiger charge is -1.98. The number of pyridine rings is 1. The minimum absolute atomic E-state index is 0.398. The molecular formula is C8H4ClFIN3. The van der Waals surface area contributed by atoms with E-state index in [1.54, 1.807) is 6.20 Å². The molecule has 2 aromatic rings. The molecule has 14 heavy (non-hydrogen) atoms. The molecule has 2 rings (SSSR count). The van der Waals surface area contributed by atoms with Crippen molar-refractivity contribution in [1.82, 2.24) is 14.8 Å². The third-order valence-electron chi connectivity index (χ3n) is 1.58. The van der Waals surface area contributed by atoms with E-state index in [9.17, 15) is 4.39 Å². The fourth-order valence-electron chi connectivity index (χ4n) is 0.990. The molecule has 0 radical (unpaired) electrons. The Morgan fingerprint density at radius 3 is 2.79 bits per heavy atom. The van der Waals surface area contributed by atoms with E-state index in [-0.39, 0.29) is 0 Å². The molecule has 0 unspecified atom stereocenters. The van der Waals surface area contributed by atoms with Crippen molar-refractivity contribution in [1.29, 1.82) is 0 Å². The molecule has 0 N–H and O–H groups in total. The highest BCUT2D eigenvalue weighted by atomic mass is 127. The summed E-state index contributed by atoms with van der Waals surface area (Å²) in [5.74, 6) is -0.399. The number of hydrogen-bond acceptors (Lipinski definition) is 2. The molecule has 0 aliphatic heterocycles. The summed E-state index contributed by atoms with van der Waals surface area (Å²) in [4.78, 5) is 3.72. The molecular weight excluding hydrogens is 319 g/mol. The van der Waals surface area contributed by atoms with Gasteiger partial charge in [0, 0.05) is 12.3 Å². The largest absolute Gasteiger partial charge is 0.259 e. The molecule has 72 valence electrons. The lowest BCUT2D eigenvalue weighted by Crippen LogP contribution is -1.95. The second-order valence-corrected chi connectivity index (χ2v) is 4.09. The van der Waals surface area contributed by atoms with E-state index >= 15 is 0 Å². The SMILES string of the molecule is Fc1cncc(-n2cc(I)c(Cl)n2)c1. The standard InChI is InChI=1S/C8H4ClFIN3/c9-8-7(11)4-14(13-8)6-1-5(10)2-12-3-6/h1-4H. The predicted molar refractivity (Wildman–Crippen MR) is 59.0 cm³/mol. The van der Waals surface area contributed by atoms with Crippen LogP contribution in [0.1, 0.15) is 0 Å². The van der Waals surface area contributed by atoms with Crippen LogP contribution < -0.4 is 0 Å². The number of halogens is 3. The lowest BCUT2D eigenvalue weighted by atomic mass is 10.4. The molecule has 0 fully saturated rings. The second-order valence-electron chi connectivity index (χ2n) is 2.57. The first-order chi connectivity index (χ1) is 6.66. The fourth-order valence-corrected chi connectivity index (χ4v) is 1.49. The zero-order valence-electron chi connectivity index (χ0n) is 6.78. The van der Waals surface area contributed by atoms with Gasteiger partial charge in [0.25, 0.3) is 0 Å². The molecule has 0 spiro atoms. The van der Waals surface area contributed by atoms with Gasteiger partial charge < -0.3 is 0 Å². The highest BCUT2D eigenvalue weighted by Crippen LogP contribution is 2.18. The number of nitrogens with zero attached hydrogens (tertiary/aromatic N) is 3. The van der Waals surface area contributed by atoms with E-state index in [1.807, 2.05) is 0 Å². The van der Waals surface area contributed by atoms with E-state index in [2.05, 4.69) is 32.7 Å². The maximum absolute atomic E-state index is 12.8. The number of aromatic nitrogens is 3. The Labute approximate surface area is 98.0 Å². The highest BCUT2D eigenvalue weighted by Gasteiger charge is 2.05. The number of rotatable bonds is 1. The normalized spacial score (nSPS) is 10.5. The molecule has 0 saturated carbocycles. The average molecular weight is 323 g/mol. The van der Waals surface area contributed by atoms with Crippen LogP contribution >= 0.6 is 34.2 Å². The van der Waals surface area contributed by atoms with E-state index < -0.39 is 5.82 Å². The van der Waals surface area contributed by atoms with Crippen molar-refractivity contribution in [2.24, 2.45) is 0 Å². The molecule has 0 aliphatic rings. The van der Waals surface area contributed by atoms with Gasteiger partial charge in [-0.15, -0.1) is 0 Å². The molecule has 6 heteroatoms. The maximum Gasteiger partial charge on any atom is 0.164 e. The van der Waals surface area contributed by atoms with Gasteiger partial charge in [-0.2, -0.15) is 5.10 Å². The van der Waals surface area contributed by atoms with Gasteiger partial charge in [0.05, 0.1) is 21.7 Å². The van der Waals surface area contributed by atoms with Crippen LogP contribution in [0.2, 0.25) is 5.15 Å². The van der Waals surface area contributed by atoms with Crippen LogP contribution in [0.5, 0.6) is 0 Å². The summed E-state index contributed by atoms with van der Waals surface area (Å²) >= 11 is 7.82. The number of hydrogen-bond donors (Lipinski definition) is 0. The monoisotopic (exact) mass is 323 g/mol. The Morgan fingerprint density at radius 1 is 1.43 bits per heavy atom. The third kappa shape index (κ3) is 1.88. The Kier molecular flexibility index (Phi) is 2.69. The van der Waals surface area contributed by atoms with Gasteiger partial charge in [-0.3, -0.25) is 4.98 Å². The van der Waals surface area contributed by atoms with Gasteiger partial charge in [-0.25, -0.2) is 9.07 Å². The molecule has 3 nitrogen and oxygen atoms in total. The molecule has 0 atom stereocenters. The zero-order valence-corrected chi connectivity index (χ0v) is 9.70. The van der Waals surface area contributed by atoms with Crippen LogP contribution in [0, 0.1) is 9.39 Å². The molecule has 2 heterocycles. The molecule has 0 aliphatic carbocycles. The second kappa shape index (κ2) is 3.82. The minimum Gasteiger partial charge on any atom is -0.259 e. The van der Waals surface area contributed by atoms with E-state index in [4.69, 9.17) is 11.6 Å². The van der Waals surface area contributed by atoms with Crippen LogP contribution in [-0.4, -0.2) is 14.8 Å². The summed E-state index contributed by atoms with van der Waals surface area (Å²) in [6, 6.07) is 1.34. The highest BCUT2D eigenvalue weighted by molar-refractivity contribution is 14.1. The van der Waals surface area contributed by atoms with Gasteiger partial charge >= 0.3 is 0 Å². The van der Waals surface area contributed by atoms with E-state index in [1.165, 1.54) is 16.9 Å². The first kappa shape index (κ1) is 9.85. The van der Waals surface area contributed by atoms with Crippen molar-refractivity contribution in [3.63, 3.8) is 0 Å². The van der Waals surface area contributed by atoms with Gasteiger partial charge in [0.15, 0.2) is 5.15 Å². The summed E-state index contributed by atoms with van der Waals surface area (Å²) < 4.78 is 15.1. The Balaban J connectivity index is 2.49. The van der Waals surface area contributed by atoms with Gasteiger partial charge in [-0.05, 0) is 22.6 Å². The van der Waals surface area contributed by atoms with Gasteiger partial charge in [0.2, 0.25) is 0 Å². The predicted octanol–water partition coefficient (Wildman–Crippen LogP) is 2.66. The van der Waals surface area contributed by atoms with E-state index in [0.717, 1.165) is 9.77 Å². The van der Waals surface area contributed by atoms with Crippen LogP contribution in [0.15, 0.2) is 24.7 Å². The topological polar surface area (TPSA) is 30.7 Å². The van der Waals surface area contributed by atoms with Crippen LogP contribution in [0.25, 0.3) is 5.69 Å². The van der Waals surface area contributed by atoms with Crippen LogP contribution in [0.4, 0.5) is 4.39 Å². The Bertz CT molecular complexity index is 452. The van der Waals surface area contributed by atoms with Crippen molar-refractivity contribution in [3.05, 3.63) is 39.2 Å². The lowest BCUT2D eigenvalue weighted by molar-refractivity contribution is 0.618. The summed E-state index contributed by atoms with van der Waals surface area (Å²) in [7, 11) is 0. The van der Waals surface area contributed by atoms with Gasteiger partial charge in [0.1, 0.15) is 5.82 Å². The van der Waals surface area contributed by atoms with Crippen LogP contribution in [-0.2, 0) is 0 Å². The Hall–Kier alpha value is -0.690. The first-order valence-corrected chi connectivity index (χ1v) is 5.14. The average Bonchev–Trinajstić information content (AvgIpc) is 2.47. The molecule has 0 amide bonds. The van der Waals surface area contributed by atoms with Crippen molar-refractivity contribution < 1.29 is 4.39 Å². The maximum atomic E-state index is 12.8. The zero-order chi connectivity index (χ0) is 10.1. The molecule has 0 bridgehead atoms. The Morgan fingerprint density at radius 2 is 2.21 bits per heavy atom. The molecule has 0 aromatic carbocycles. The summed E-state index contributed by atoms with van der Waals surface area (Å²) in [6.45, 7) is 0. The van der Waals surface area contributed by atoms with Gasteiger partial charge in [-0.1, -0.05) is 11.6 Å². The minimum atomic E-state index is -0.399. The smallest absolute Gasteiger partial charge is 0.164 e. The first-order valence-electron chi connectivity index (χ1n) is 3.68. The van der Waals surface area contributed by atoms with E-state index in [0.29, 0.717) is 10.8 Å². The van der Waals surface area contributed by atoms with Crippen molar-refractivity contribution >= 4 is 34.2 Å². The van der Waals surface area contributed by atoms with Crippen molar-refractivity contribution in [2.75, 3.05) is 0 Å². The van der Waals surface area contributed by atoms with Crippen LogP contribution in [0.3, 0.4) is 0 Å². The van der Waals surface area contributed by atoms with Crippen molar-refractivity contribution in [2.45, 2.75) is 0 Å². The summed E-state index contributed by atoms with van der Waals surface area (Å²) in [5.41, 5.74) is 0.551.